The molecule has 0 amide bonds. The number of aryl methyl sites for hydroxylation is 1. The van der Waals surface area contributed by atoms with Crippen LogP contribution in [0.2, 0.25) is 0 Å². The second-order valence-electron chi connectivity index (χ2n) is 7.41. The number of aliphatic imine (C=N–C) groups is 1. The van der Waals surface area contributed by atoms with Crippen LogP contribution in [-0.2, 0) is 6.54 Å². The largest absolute Gasteiger partial charge is 0.493 e. The lowest BCUT2D eigenvalue weighted by Gasteiger charge is -2.47. The van der Waals surface area contributed by atoms with Crippen LogP contribution >= 0.6 is 0 Å². The van der Waals surface area contributed by atoms with E-state index in [9.17, 15) is 0 Å². The Kier molecular flexibility index (Phi) is 6.44. The number of guanidine groups is 1. The van der Waals surface area contributed by atoms with Gasteiger partial charge in [-0.1, -0.05) is 0 Å². The third-order valence-corrected chi connectivity index (χ3v) is 5.71. The number of rotatable bonds is 6. The topological polar surface area (TPSA) is 52.6 Å². The van der Waals surface area contributed by atoms with Gasteiger partial charge in [0, 0.05) is 66.0 Å². The molecule has 1 unspecified atom stereocenters. The van der Waals surface area contributed by atoms with Crippen molar-refractivity contribution >= 4 is 5.96 Å². The van der Waals surface area contributed by atoms with E-state index >= 15 is 0 Å². The molecule has 1 atom stereocenters. The fourth-order valence-corrected chi connectivity index (χ4v) is 4.04. The van der Waals surface area contributed by atoms with Gasteiger partial charge in [-0.15, -0.1) is 0 Å². The molecule has 150 valence electrons. The van der Waals surface area contributed by atoms with Gasteiger partial charge in [-0.05, 0) is 30.2 Å². The summed E-state index contributed by atoms with van der Waals surface area (Å²) in [5.41, 5.74) is 2.38. The summed E-state index contributed by atoms with van der Waals surface area (Å²) in [5, 5.41) is 3.57. The molecule has 7 heteroatoms. The number of nitrogens with zero attached hydrogens (tertiary/aromatic N) is 4. The van der Waals surface area contributed by atoms with Gasteiger partial charge >= 0.3 is 0 Å². The van der Waals surface area contributed by atoms with Crippen LogP contribution in [0.5, 0.6) is 11.5 Å². The van der Waals surface area contributed by atoms with E-state index in [1.165, 1.54) is 37.3 Å². The van der Waals surface area contributed by atoms with Crippen molar-refractivity contribution in [2.24, 2.45) is 4.99 Å². The van der Waals surface area contributed by atoms with Gasteiger partial charge in [0.05, 0.1) is 14.2 Å². The zero-order valence-corrected chi connectivity index (χ0v) is 17.3. The van der Waals surface area contributed by atoms with Crippen LogP contribution in [0.15, 0.2) is 17.1 Å². The van der Waals surface area contributed by atoms with Crippen molar-refractivity contribution in [1.82, 2.24) is 20.0 Å². The predicted octanol–water partition coefficient (Wildman–Crippen LogP) is 1.02. The van der Waals surface area contributed by atoms with E-state index < -0.39 is 0 Å². The molecule has 3 aliphatic heterocycles. The van der Waals surface area contributed by atoms with E-state index in [0.29, 0.717) is 6.04 Å². The molecule has 7 nitrogen and oxygen atoms in total. The highest BCUT2D eigenvalue weighted by molar-refractivity contribution is 5.79. The van der Waals surface area contributed by atoms with Crippen LogP contribution in [-0.4, -0.2) is 94.3 Å². The Labute approximate surface area is 162 Å². The van der Waals surface area contributed by atoms with Crippen LogP contribution in [0, 0.1) is 6.92 Å². The maximum Gasteiger partial charge on any atom is 0.193 e. The van der Waals surface area contributed by atoms with Crippen molar-refractivity contribution in [3.8, 4) is 11.5 Å². The quantitative estimate of drug-likeness (QED) is 0.592. The molecule has 2 bridgehead atoms. The van der Waals surface area contributed by atoms with Gasteiger partial charge in [0.15, 0.2) is 17.5 Å². The van der Waals surface area contributed by atoms with E-state index in [4.69, 9.17) is 9.47 Å². The summed E-state index contributed by atoms with van der Waals surface area (Å²) in [4.78, 5) is 11.8. The van der Waals surface area contributed by atoms with Gasteiger partial charge < -0.3 is 19.7 Å². The lowest BCUT2D eigenvalue weighted by atomic mass is 10.1. The van der Waals surface area contributed by atoms with Crippen LogP contribution < -0.4 is 14.8 Å². The van der Waals surface area contributed by atoms with Crippen LogP contribution in [0.1, 0.15) is 11.1 Å². The van der Waals surface area contributed by atoms with Gasteiger partial charge in [0.1, 0.15) is 0 Å². The summed E-state index contributed by atoms with van der Waals surface area (Å²) < 4.78 is 10.8. The molecule has 3 heterocycles. The van der Waals surface area contributed by atoms with Gasteiger partial charge in [0.25, 0.3) is 0 Å². The zero-order valence-electron chi connectivity index (χ0n) is 17.3. The van der Waals surface area contributed by atoms with E-state index in [0.717, 1.165) is 37.1 Å². The molecule has 0 aromatic heterocycles. The Balaban J connectivity index is 1.61. The molecular formula is C20H33N5O2. The van der Waals surface area contributed by atoms with E-state index in [1.54, 1.807) is 14.2 Å². The first kappa shape index (κ1) is 19.8. The zero-order chi connectivity index (χ0) is 19.4. The summed E-state index contributed by atoms with van der Waals surface area (Å²) in [6.07, 6.45) is 0. The molecule has 0 radical (unpaired) electrons. The predicted molar refractivity (Wildman–Crippen MR) is 109 cm³/mol. The van der Waals surface area contributed by atoms with Crippen LogP contribution in [0.25, 0.3) is 0 Å². The van der Waals surface area contributed by atoms with Crippen molar-refractivity contribution < 1.29 is 9.47 Å². The maximum absolute atomic E-state index is 5.46. The average Bonchev–Trinajstić information content (AvgIpc) is 2.70. The normalized spacial score (nSPS) is 24.6. The fraction of sp³-hybridized carbons (Fsp3) is 0.650. The summed E-state index contributed by atoms with van der Waals surface area (Å²) in [6.45, 7) is 9.74. The minimum Gasteiger partial charge on any atom is -0.493 e. The van der Waals surface area contributed by atoms with Crippen LogP contribution in [0.3, 0.4) is 0 Å². The molecular weight excluding hydrogens is 342 g/mol. The Hall–Kier alpha value is -1.99. The molecule has 4 rings (SSSR count). The second kappa shape index (κ2) is 8.80. The van der Waals surface area contributed by atoms with Crippen molar-refractivity contribution in [3.63, 3.8) is 0 Å². The van der Waals surface area contributed by atoms with Gasteiger partial charge in [0.2, 0.25) is 0 Å². The molecule has 27 heavy (non-hydrogen) atoms. The van der Waals surface area contributed by atoms with Gasteiger partial charge in [-0.2, -0.15) is 0 Å². The van der Waals surface area contributed by atoms with Gasteiger partial charge in [-0.25, -0.2) is 0 Å². The van der Waals surface area contributed by atoms with Crippen molar-refractivity contribution in [1.29, 1.82) is 0 Å². The first-order chi connectivity index (χ1) is 13.0. The number of ether oxygens (including phenoxy) is 2. The monoisotopic (exact) mass is 375 g/mol. The molecule has 1 N–H and O–H groups in total. The fourth-order valence-electron chi connectivity index (χ4n) is 4.04. The summed E-state index contributed by atoms with van der Waals surface area (Å²) in [7, 11) is 7.25. The van der Waals surface area contributed by atoms with Gasteiger partial charge in [-0.3, -0.25) is 14.8 Å². The lowest BCUT2D eigenvalue weighted by Crippen LogP contribution is -2.63. The van der Waals surface area contributed by atoms with Crippen LogP contribution in [0.4, 0.5) is 0 Å². The minimum absolute atomic E-state index is 0.570. The van der Waals surface area contributed by atoms with Crippen molar-refractivity contribution in [3.05, 3.63) is 23.3 Å². The number of nitrogens with one attached hydrogen (secondary N) is 1. The number of fused-ring (bicyclic) bond motifs is 3. The molecule has 3 saturated heterocycles. The van der Waals surface area contributed by atoms with E-state index in [-0.39, 0.29) is 0 Å². The van der Waals surface area contributed by atoms with Crippen molar-refractivity contribution in [2.45, 2.75) is 19.5 Å². The Morgan fingerprint density at radius 3 is 2.41 bits per heavy atom. The minimum atomic E-state index is 0.570. The molecule has 3 aliphatic rings. The number of benzene rings is 1. The van der Waals surface area contributed by atoms with E-state index in [2.05, 4.69) is 45.0 Å². The Morgan fingerprint density at radius 1 is 1.19 bits per heavy atom. The first-order valence-electron chi connectivity index (χ1n) is 9.65. The lowest BCUT2D eigenvalue weighted by molar-refractivity contribution is 0.0152. The average molecular weight is 376 g/mol. The number of piperazine rings is 3. The molecule has 0 aliphatic carbocycles. The number of methoxy groups -OCH3 is 2. The number of hydrogen-bond donors (Lipinski definition) is 1. The Morgan fingerprint density at radius 2 is 1.85 bits per heavy atom. The smallest absolute Gasteiger partial charge is 0.193 e. The summed E-state index contributed by atoms with van der Waals surface area (Å²) in [5.74, 6) is 2.44. The van der Waals surface area contributed by atoms with E-state index in [1.807, 2.05) is 13.1 Å². The molecule has 0 saturated carbocycles. The second-order valence-corrected chi connectivity index (χ2v) is 7.41. The molecule has 3 fully saturated rings. The summed E-state index contributed by atoms with van der Waals surface area (Å²) >= 11 is 0. The molecule has 0 spiro atoms. The standard InChI is InChI=1S/C20H33N5O2/c1-15-10-18(26-4)19(27-5)11-16(15)13-23(3)20(21-2)22-12-17-14-24-6-8-25(17)9-7-24/h10-11,17H,6-9,12-14H2,1-5H3,(H,21,22). The summed E-state index contributed by atoms with van der Waals surface area (Å²) in [6, 6.07) is 4.65. The highest BCUT2D eigenvalue weighted by Crippen LogP contribution is 2.30. The maximum atomic E-state index is 5.46. The number of hydrogen-bond acceptors (Lipinski definition) is 5. The Bertz CT molecular complexity index is 671. The third kappa shape index (κ3) is 4.47. The first-order valence-corrected chi connectivity index (χ1v) is 9.65. The third-order valence-electron chi connectivity index (χ3n) is 5.71. The highest BCUT2D eigenvalue weighted by atomic mass is 16.5. The highest BCUT2D eigenvalue weighted by Gasteiger charge is 2.31. The molecule has 1 aromatic carbocycles. The molecule has 1 aromatic rings. The SMILES string of the molecule is CN=C(NCC1CN2CCN1CC2)N(C)Cc1cc(OC)c(OC)cc1C. The van der Waals surface area contributed by atoms with Crippen molar-refractivity contribution in [2.75, 3.05) is 67.6 Å².